The molecule has 0 unspecified atom stereocenters. The van der Waals surface area contributed by atoms with Crippen molar-refractivity contribution in [3.8, 4) is 5.75 Å². The van der Waals surface area contributed by atoms with Crippen LogP contribution in [-0.4, -0.2) is 57.7 Å². The maximum atomic E-state index is 13.4. The van der Waals surface area contributed by atoms with Crippen LogP contribution in [0.25, 0.3) is 10.9 Å². The predicted octanol–water partition coefficient (Wildman–Crippen LogP) is 3.18. The van der Waals surface area contributed by atoms with Crippen LogP contribution >= 0.6 is 0 Å². The minimum atomic E-state index is -3.59. The molecule has 0 radical (unpaired) electrons. The van der Waals surface area contributed by atoms with Gasteiger partial charge in [0.2, 0.25) is 0 Å². The van der Waals surface area contributed by atoms with Gasteiger partial charge < -0.3 is 14.4 Å². The van der Waals surface area contributed by atoms with Gasteiger partial charge in [-0.05, 0) is 55.7 Å². The first-order valence-electron chi connectivity index (χ1n) is 11.1. The van der Waals surface area contributed by atoms with Gasteiger partial charge in [0, 0.05) is 43.2 Å². The zero-order valence-corrected chi connectivity index (χ0v) is 20.4. The molecule has 10 heteroatoms. The fourth-order valence-electron chi connectivity index (χ4n) is 4.20. The van der Waals surface area contributed by atoms with Crippen LogP contribution in [0.4, 0.5) is 11.4 Å². The highest BCUT2D eigenvalue weighted by Crippen LogP contribution is 2.31. The van der Waals surface area contributed by atoms with E-state index in [1.807, 2.05) is 36.1 Å². The summed E-state index contributed by atoms with van der Waals surface area (Å²) >= 11 is 0. The molecule has 0 bridgehead atoms. The minimum absolute atomic E-state index is 0.0491. The Hall–Kier alpha value is -2.95. The van der Waals surface area contributed by atoms with Crippen molar-refractivity contribution in [1.29, 1.82) is 0 Å². The summed E-state index contributed by atoms with van der Waals surface area (Å²) in [6.45, 7) is 3.40. The van der Waals surface area contributed by atoms with Crippen LogP contribution < -0.4 is 15.2 Å². The normalized spacial score (nSPS) is 14.9. The Morgan fingerprint density at radius 3 is 2.62 bits per heavy atom. The molecule has 1 fully saturated rings. The van der Waals surface area contributed by atoms with Gasteiger partial charge in [-0.1, -0.05) is 0 Å². The lowest BCUT2D eigenvalue weighted by atomic mass is 10.1. The summed E-state index contributed by atoms with van der Waals surface area (Å²) in [5.41, 5.74) is 3.00. The lowest BCUT2D eigenvalue weighted by Gasteiger charge is -2.26. The fourth-order valence-corrected chi connectivity index (χ4v) is 4.58. The summed E-state index contributed by atoms with van der Waals surface area (Å²) in [7, 11) is -2.00. The van der Waals surface area contributed by atoms with E-state index in [0.717, 1.165) is 36.0 Å². The molecule has 3 aromatic rings. The van der Waals surface area contributed by atoms with Gasteiger partial charge in [-0.25, -0.2) is 4.98 Å². The van der Waals surface area contributed by atoms with Gasteiger partial charge in [0.15, 0.2) is 0 Å². The van der Waals surface area contributed by atoms with E-state index in [2.05, 4.69) is 4.98 Å². The van der Waals surface area contributed by atoms with E-state index in [0.29, 0.717) is 29.9 Å². The predicted molar refractivity (Wildman–Crippen MR) is 131 cm³/mol. The van der Waals surface area contributed by atoms with Crippen LogP contribution in [0.15, 0.2) is 47.5 Å². The lowest BCUT2D eigenvalue weighted by molar-refractivity contribution is 0.0685. The van der Waals surface area contributed by atoms with E-state index in [1.165, 1.54) is 0 Å². The molecular weight excluding hydrogens is 458 g/mol. The molecule has 0 saturated carbocycles. The van der Waals surface area contributed by atoms with E-state index in [4.69, 9.17) is 13.7 Å². The Morgan fingerprint density at radius 1 is 1.15 bits per heavy atom. The molecule has 0 amide bonds. The molecule has 0 aliphatic carbocycles. The number of benzene rings is 2. The number of methoxy groups -OCH3 is 1. The minimum Gasteiger partial charge on any atom is -0.497 e. The smallest absolute Gasteiger partial charge is 0.264 e. The van der Waals surface area contributed by atoms with Gasteiger partial charge in [-0.2, -0.15) is 8.42 Å². The number of hydrogen-bond acceptors (Lipinski definition) is 8. The molecule has 2 heterocycles. The summed E-state index contributed by atoms with van der Waals surface area (Å²) in [4.78, 5) is 19.8. The molecule has 1 saturated heterocycles. The van der Waals surface area contributed by atoms with E-state index >= 15 is 0 Å². The van der Waals surface area contributed by atoms with Gasteiger partial charge in [0.05, 0.1) is 37.2 Å². The van der Waals surface area contributed by atoms with Gasteiger partial charge in [-0.3, -0.25) is 13.5 Å². The molecule has 0 N–H and O–H groups in total. The molecule has 1 aliphatic rings. The number of fused-ring (bicyclic) bond motifs is 1. The van der Waals surface area contributed by atoms with Crippen LogP contribution in [-0.2, 0) is 19.0 Å². The van der Waals surface area contributed by atoms with Crippen molar-refractivity contribution >= 4 is 32.4 Å². The Balaban J connectivity index is 1.77. The molecule has 34 heavy (non-hydrogen) atoms. The number of ether oxygens (including phenoxy) is 2. The molecule has 1 aliphatic heterocycles. The summed E-state index contributed by atoms with van der Waals surface area (Å²) in [5.74, 6) is 0.674. The quantitative estimate of drug-likeness (QED) is 0.447. The number of nitrogens with zero attached hydrogens (tertiary/aromatic N) is 3. The SMILES string of the molecule is COc1cc(C)cc(N(CCOS(C)(=O)=O)c2ccc3ncn(C4CCOCC4)c(=O)c3c2)c1. The molecular formula is C24H29N3O6S. The number of aryl methyl sites for hydroxylation is 1. The number of hydrogen-bond donors (Lipinski definition) is 0. The van der Waals surface area contributed by atoms with E-state index < -0.39 is 10.1 Å². The van der Waals surface area contributed by atoms with E-state index in [-0.39, 0.29) is 24.8 Å². The highest BCUT2D eigenvalue weighted by molar-refractivity contribution is 7.85. The molecule has 0 atom stereocenters. The first-order chi connectivity index (χ1) is 16.2. The topological polar surface area (TPSA) is 100.0 Å². The third-order valence-corrected chi connectivity index (χ3v) is 6.45. The molecule has 1 aromatic heterocycles. The molecule has 0 spiro atoms. The van der Waals surface area contributed by atoms with Gasteiger partial charge in [0.25, 0.3) is 15.7 Å². The maximum Gasteiger partial charge on any atom is 0.264 e. The zero-order valence-electron chi connectivity index (χ0n) is 19.6. The summed E-state index contributed by atoms with van der Waals surface area (Å²) in [5, 5.41) is 0.500. The lowest BCUT2D eigenvalue weighted by Crippen LogP contribution is -2.29. The second-order valence-corrected chi connectivity index (χ2v) is 10.0. The van der Waals surface area contributed by atoms with E-state index in [9.17, 15) is 13.2 Å². The number of aromatic nitrogens is 2. The van der Waals surface area contributed by atoms with Crippen molar-refractivity contribution in [3.05, 3.63) is 58.6 Å². The first kappa shape index (κ1) is 24.2. The third-order valence-electron chi connectivity index (χ3n) is 5.86. The second-order valence-electron chi connectivity index (χ2n) is 8.39. The van der Waals surface area contributed by atoms with Crippen molar-refractivity contribution in [2.24, 2.45) is 0 Å². The molecule has 4 rings (SSSR count). The fraction of sp³-hybridized carbons (Fsp3) is 0.417. The second kappa shape index (κ2) is 10.1. The molecule has 2 aromatic carbocycles. The Kier molecular flexibility index (Phi) is 7.20. The van der Waals surface area contributed by atoms with Gasteiger partial charge >= 0.3 is 0 Å². The van der Waals surface area contributed by atoms with Crippen LogP contribution in [0.2, 0.25) is 0 Å². The first-order valence-corrected chi connectivity index (χ1v) is 12.9. The average Bonchev–Trinajstić information content (AvgIpc) is 2.81. The van der Waals surface area contributed by atoms with Gasteiger partial charge in [-0.15, -0.1) is 0 Å². The van der Waals surface area contributed by atoms with Crippen molar-refractivity contribution in [2.45, 2.75) is 25.8 Å². The zero-order chi connectivity index (χ0) is 24.3. The maximum absolute atomic E-state index is 13.4. The van der Waals surface area contributed by atoms with Crippen molar-refractivity contribution in [1.82, 2.24) is 9.55 Å². The van der Waals surface area contributed by atoms with Crippen LogP contribution in [0, 0.1) is 6.92 Å². The highest BCUT2D eigenvalue weighted by Gasteiger charge is 2.19. The highest BCUT2D eigenvalue weighted by atomic mass is 32.2. The summed E-state index contributed by atoms with van der Waals surface area (Å²) in [6.07, 6.45) is 4.17. The van der Waals surface area contributed by atoms with E-state index in [1.54, 1.807) is 30.1 Å². The largest absolute Gasteiger partial charge is 0.497 e. The monoisotopic (exact) mass is 487 g/mol. The average molecular weight is 488 g/mol. The van der Waals surface area contributed by atoms with Crippen molar-refractivity contribution in [3.63, 3.8) is 0 Å². The molecule has 9 nitrogen and oxygen atoms in total. The van der Waals surface area contributed by atoms with Gasteiger partial charge in [0.1, 0.15) is 5.75 Å². The number of anilines is 2. The molecule has 182 valence electrons. The van der Waals surface area contributed by atoms with Crippen molar-refractivity contribution < 1.29 is 22.1 Å². The Morgan fingerprint density at radius 2 is 1.91 bits per heavy atom. The van der Waals surface area contributed by atoms with Crippen LogP contribution in [0.5, 0.6) is 5.75 Å². The summed E-state index contributed by atoms with van der Waals surface area (Å²) in [6, 6.07) is 11.3. The summed E-state index contributed by atoms with van der Waals surface area (Å²) < 4.78 is 40.6. The van der Waals surface area contributed by atoms with Crippen LogP contribution in [0.1, 0.15) is 24.4 Å². The van der Waals surface area contributed by atoms with Crippen molar-refractivity contribution in [2.75, 3.05) is 44.6 Å². The Bertz CT molecular complexity index is 1330. The number of rotatable bonds is 8. The Labute approximate surface area is 199 Å². The standard InChI is InChI=1S/C24H29N3O6S/c1-17-12-20(14-21(13-17)31-2)26(8-11-33-34(3,29)30)19-4-5-23-22(15-19)24(28)27(16-25-23)18-6-9-32-10-7-18/h4-5,12-16,18H,6-11H2,1-3H3. The third kappa shape index (κ3) is 5.57. The van der Waals surface area contributed by atoms with Crippen LogP contribution in [0.3, 0.4) is 0 Å².